The summed E-state index contributed by atoms with van der Waals surface area (Å²) in [5.74, 6) is 1.05. The third-order valence-corrected chi connectivity index (χ3v) is 4.54. The first-order chi connectivity index (χ1) is 12.8. The van der Waals surface area contributed by atoms with Gasteiger partial charge in [0, 0.05) is 45.0 Å². The number of amides is 1. The van der Waals surface area contributed by atoms with E-state index in [1.807, 2.05) is 29.2 Å². The summed E-state index contributed by atoms with van der Waals surface area (Å²) in [6, 6.07) is 14.2. The number of carbonyl (C=O) groups excluding carboxylic acids is 1. The van der Waals surface area contributed by atoms with Crippen LogP contribution < -0.4 is 10.2 Å². The molecule has 26 heavy (non-hydrogen) atoms. The summed E-state index contributed by atoms with van der Waals surface area (Å²) in [5.41, 5.74) is 2.30. The average molecular weight is 350 g/mol. The van der Waals surface area contributed by atoms with Crippen molar-refractivity contribution < 1.29 is 4.79 Å². The van der Waals surface area contributed by atoms with Crippen LogP contribution in [0.15, 0.2) is 54.7 Å². The highest BCUT2D eigenvalue weighted by Gasteiger charge is 2.20. The maximum absolute atomic E-state index is 12.4. The van der Waals surface area contributed by atoms with Gasteiger partial charge in [0.2, 0.25) is 5.91 Å². The van der Waals surface area contributed by atoms with Crippen LogP contribution in [-0.4, -0.2) is 48.5 Å². The second-order valence-corrected chi connectivity index (χ2v) is 6.36. The molecule has 0 atom stereocenters. The lowest BCUT2D eigenvalue weighted by Gasteiger charge is -2.34. The van der Waals surface area contributed by atoms with Gasteiger partial charge in [-0.25, -0.2) is 4.98 Å². The summed E-state index contributed by atoms with van der Waals surface area (Å²) in [7, 11) is 0. The van der Waals surface area contributed by atoms with E-state index in [4.69, 9.17) is 0 Å². The van der Waals surface area contributed by atoms with Crippen molar-refractivity contribution in [1.29, 1.82) is 0 Å². The van der Waals surface area contributed by atoms with E-state index in [0.29, 0.717) is 0 Å². The third-order valence-electron chi connectivity index (χ3n) is 4.54. The summed E-state index contributed by atoms with van der Waals surface area (Å²) >= 11 is 0. The first kappa shape index (κ1) is 18.1. The van der Waals surface area contributed by atoms with Crippen molar-refractivity contribution in [2.45, 2.75) is 13.5 Å². The summed E-state index contributed by atoms with van der Waals surface area (Å²) in [4.78, 5) is 20.9. The lowest BCUT2D eigenvalue weighted by atomic mass is 10.1. The molecule has 1 aliphatic heterocycles. The second kappa shape index (κ2) is 9.15. The molecule has 136 valence electrons. The highest BCUT2D eigenvalue weighted by molar-refractivity contribution is 5.92. The summed E-state index contributed by atoms with van der Waals surface area (Å²) < 4.78 is 0. The van der Waals surface area contributed by atoms with Crippen LogP contribution in [0, 0.1) is 0 Å². The van der Waals surface area contributed by atoms with Crippen molar-refractivity contribution in [1.82, 2.24) is 15.2 Å². The highest BCUT2D eigenvalue weighted by atomic mass is 16.2. The predicted octanol–water partition coefficient (Wildman–Crippen LogP) is 2.55. The average Bonchev–Trinajstić information content (AvgIpc) is 2.72. The molecule has 2 heterocycles. The van der Waals surface area contributed by atoms with Crippen molar-refractivity contribution >= 4 is 17.8 Å². The minimum atomic E-state index is 0.0717. The SMILES string of the molecule is CCNCc1ccc(/C=C/C(=O)N2CCN(c3ccccn3)CC2)cc1. The molecule has 0 spiro atoms. The molecule has 1 aliphatic rings. The lowest BCUT2D eigenvalue weighted by molar-refractivity contribution is -0.126. The molecule has 0 unspecified atom stereocenters. The van der Waals surface area contributed by atoms with E-state index in [9.17, 15) is 4.79 Å². The Labute approximate surface area is 155 Å². The number of benzene rings is 1. The fourth-order valence-corrected chi connectivity index (χ4v) is 2.99. The number of nitrogens with zero attached hydrogens (tertiary/aromatic N) is 3. The number of carbonyl (C=O) groups is 1. The minimum absolute atomic E-state index is 0.0717. The van der Waals surface area contributed by atoms with Gasteiger partial charge in [-0.2, -0.15) is 0 Å². The Morgan fingerprint density at radius 1 is 1.12 bits per heavy atom. The molecule has 3 rings (SSSR count). The Morgan fingerprint density at radius 3 is 2.54 bits per heavy atom. The van der Waals surface area contributed by atoms with E-state index in [0.717, 1.165) is 50.6 Å². The molecule has 5 heteroatoms. The smallest absolute Gasteiger partial charge is 0.246 e. The van der Waals surface area contributed by atoms with Crippen molar-refractivity contribution in [2.24, 2.45) is 0 Å². The molecule has 0 radical (unpaired) electrons. The standard InChI is InChI=1S/C21H26N4O/c1-2-22-17-19-8-6-18(7-9-19)10-11-21(26)25-15-13-24(14-16-25)20-5-3-4-12-23-20/h3-12,22H,2,13-17H2,1H3/b11-10+. The van der Waals surface area contributed by atoms with Crippen molar-refractivity contribution in [3.8, 4) is 0 Å². The van der Waals surface area contributed by atoms with Gasteiger partial charge < -0.3 is 15.1 Å². The second-order valence-electron chi connectivity index (χ2n) is 6.36. The number of nitrogens with one attached hydrogen (secondary N) is 1. The lowest BCUT2D eigenvalue weighted by Crippen LogP contribution is -2.48. The Balaban J connectivity index is 1.50. The van der Waals surface area contributed by atoms with Gasteiger partial charge in [-0.05, 0) is 35.9 Å². The van der Waals surface area contributed by atoms with Crippen LogP contribution in [0.2, 0.25) is 0 Å². The molecule has 1 aromatic carbocycles. The molecule has 1 amide bonds. The Bertz CT molecular complexity index is 719. The minimum Gasteiger partial charge on any atom is -0.353 e. The van der Waals surface area contributed by atoms with Crippen molar-refractivity contribution in [3.63, 3.8) is 0 Å². The monoisotopic (exact) mass is 350 g/mol. The molecule has 1 aromatic heterocycles. The van der Waals surface area contributed by atoms with Crippen LogP contribution in [0.5, 0.6) is 0 Å². The zero-order chi connectivity index (χ0) is 18.2. The number of hydrogen-bond donors (Lipinski definition) is 1. The van der Waals surface area contributed by atoms with E-state index < -0.39 is 0 Å². The molecule has 1 fully saturated rings. The van der Waals surface area contributed by atoms with Crippen molar-refractivity contribution in [2.75, 3.05) is 37.6 Å². The van der Waals surface area contributed by atoms with Gasteiger partial charge in [0.1, 0.15) is 5.82 Å². The summed E-state index contributed by atoms with van der Waals surface area (Å²) in [6.45, 7) is 7.01. The van der Waals surface area contributed by atoms with Crippen LogP contribution in [0.4, 0.5) is 5.82 Å². The van der Waals surface area contributed by atoms with Crippen molar-refractivity contribution in [3.05, 3.63) is 65.9 Å². The highest BCUT2D eigenvalue weighted by Crippen LogP contribution is 2.13. The first-order valence-corrected chi connectivity index (χ1v) is 9.19. The number of pyridine rings is 1. The van der Waals surface area contributed by atoms with E-state index in [1.54, 1.807) is 12.3 Å². The van der Waals surface area contributed by atoms with Gasteiger partial charge in [0.25, 0.3) is 0 Å². The Morgan fingerprint density at radius 2 is 1.88 bits per heavy atom. The zero-order valence-corrected chi connectivity index (χ0v) is 15.3. The van der Waals surface area contributed by atoms with Crippen LogP contribution in [-0.2, 0) is 11.3 Å². The molecule has 1 saturated heterocycles. The summed E-state index contributed by atoms with van der Waals surface area (Å²) in [5, 5.41) is 3.31. The quantitative estimate of drug-likeness (QED) is 0.814. The van der Waals surface area contributed by atoms with E-state index in [1.165, 1.54) is 5.56 Å². The Hall–Kier alpha value is -2.66. The maximum Gasteiger partial charge on any atom is 0.246 e. The van der Waals surface area contributed by atoms with Gasteiger partial charge in [-0.1, -0.05) is 37.3 Å². The number of aromatic nitrogens is 1. The normalized spacial score (nSPS) is 14.8. The molecule has 2 aromatic rings. The van der Waals surface area contributed by atoms with Crippen LogP contribution >= 0.6 is 0 Å². The molecule has 5 nitrogen and oxygen atoms in total. The fraction of sp³-hybridized carbons (Fsp3) is 0.333. The number of piperazine rings is 1. The Kier molecular flexibility index (Phi) is 6.39. The molecule has 0 saturated carbocycles. The largest absolute Gasteiger partial charge is 0.353 e. The van der Waals surface area contributed by atoms with Gasteiger partial charge in [-0.15, -0.1) is 0 Å². The van der Waals surface area contributed by atoms with Crippen LogP contribution in [0.25, 0.3) is 6.08 Å². The van der Waals surface area contributed by atoms with Gasteiger partial charge in [0.15, 0.2) is 0 Å². The van der Waals surface area contributed by atoms with Gasteiger partial charge >= 0.3 is 0 Å². The molecular weight excluding hydrogens is 324 g/mol. The molecular formula is C21H26N4O. The van der Waals surface area contributed by atoms with E-state index >= 15 is 0 Å². The molecule has 1 N–H and O–H groups in total. The maximum atomic E-state index is 12.4. The van der Waals surface area contributed by atoms with Gasteiger partial charge in [0.05, 0.1) is 0 Å². The zero-order valence-electron chi connectivity index (χ0n) is 15.3. The van der Waals surface area contributed by atoms with Crippen LogP contribution in [0.1, 0.15) is 18.1 Å². The number of rotatable bonds is 6. The van der Waals surface area contributed by atoms with Crippen LogP contribution in [0.3, 0.4) is 0 Å². The third kappa shape index (κ3) is 4.92. The predicted molar refractivity (Wildman–Crippen MR) is 106 cm³/mol. The van der Waals surface area contributed by atoms with Gasteiger partial charge in [-0.3, -0.25) is 4.79 Å². The topological polar surface area (TPSA) is 48.5 Å². The molecule has 0 aliphatic carbocycles. The first-order valence-electron chi connectivity index (χ1n) is 9.19. The number of hydrogen-bond acceptors (Lipinski definition) is 4. The fourth-order valence-electron chi connectivity index (χ4n) is 2.99. The van der Waals surface area contributed by atoms with E-state index in [-0.39, 0.29) is 5.91 Å². The summed E-state index contributed by atoms with van der Waals surface area (Å²) in [6.07, 6.45) is 5.37. The number of anilines is 1. The van der Waals surface area contributed by atoms with E-state index in [2.05, 4.69) is 46.4 Å². The molecule has 0 bridgehead atoms.